The maximum atomic E-state index is 13.1. The highest BCUT2D eigenvalue weighted by Crippen LogP contribution is 2.22. The molecule has 15 heavy (non-hydrogen) atoms. The monoisotopic (exact) mass is 275 g/mol. The Morgan fingerprint density at radius 2 is 2.13 bits per heavy atom. The third-order valence-electron chi connectivity index (χ3n) is 2.07. The predicted octanol–water partition coefficient (Wildman–Crippen LogP) is 2.95. The summed E-state index contributed by atoms with van der Waals surface area (Å²) >= 11 is 3.08. The Labute approximate surface area is 97.7 Å². The molecule has 0 aliphatic heterocycles. The van der Waals surface area contributed by atoms with E-state index in [0.29, 0.717) is 23.4 Å². The highest BCUT2D eigenvalue weighted by atomic mass is 79.9. The minimum atomic E-state index is -0.321. The molecule has 0 saturated carbocycles. The fourth-order valence-corrected chi connectivity index (χ4v) is 1.15. The minimum absolute atomic E-state index is 0.0937. The van der Waals surface area contributed by atoms with E-state index >= 15 is 0 Å². The molecule has 4 heteroatoms. The SMILES string of the molecule is CC(C)(CN)COc1ccc(Br)c(F)c1. The standard InChI is InChI=1S/C11H15BrFNO/c1-11(2,6-14)7-15-8-3-4-9(12)10(13)5-8/h3-5H,6-7,14H2,1-2H3. The highest BCUT2D eigenvalue weighted by Gasteiger charge is 2.16. The van der Waals surface area contributed by atoms with Crippen LogP contribution in [0.2, 0.25) is 0 Å². The van der Waals surface area contributed by atoms with Gasteiger partial charge in [-0.15, -0.1) is 0 Å². The lowest BCUT2D eigenvalue weighted by atomic mass is 9.95. The first-order valence-electron chi connectivity index (χ1n) is 4.72. The van der Waals surface area contributed by atoms with Crippen LogP contribution in [0.5, 0.6) is 5.75 Å². The summed E-state index contributed by atoms with van der Waals surface area (Å²) in [5.41, 5.74) is 5.47. The van der Waals surface area contributed by atoms with Crippen LogP contribution in [-0.2, 0) is 0 Å². The van der Waals surface area contributed by atoms with Gasteiger partial charge in [-0.05, 0) is 28.1 Å². The molecule has 0 saturated heterocycles. The smallest absolute Gasteiger partial charge is 0.141 e. The Hall–Kier alpha value is -0.610. The van der Waals surface area contributed by atoms with Crippen LogP contribution in [0.15, 0.2) is 22.7 Å². The lowest BCUT2D eigenvalue weighted by Crippen LogP contribution is -2.30. The van der Waals surface area contributed by atoms with Gasteiger partial charge in [0.05, 0.1) is 11.1 Å². The Morgan fingerprint density at radius 3 is 2.67 bits per heavy atom. The Morgan fingerprint density at radius 1 is 1.47 bits per heavy atom. The van der Waals surface area contributed by atoms with Crippen molar-refractivity contribution in [1.82, 2.24) is 0 Å². The first-order valence-corrected chi connectivity index (χ1v) is 5.52. The second kappa shape index (κ2) is 4.94. The van der Waals surface area contributed by atoms with E-state index in [1.807, 2.05) is 13.8 Å². The molecule has 0 atom stereocenters. The average molecular weight is 276 g/mol. The van der Waals surface area contributed by atoms with Gasteiger partial charge in [-0.1, -0.05) is 13.8 Å². The second-order valence-corrected chi connectivity index (χ2v) is 5.09. The number of halogens is 2. The van der Waals surface area contributed by atoms with Gasteiger partial charge in [-0.25, -0.2) is 4.39 Å². The van der Waals surface area contributed by atoms with E-state index in [4.69, 9.17) is 10.5 Å². The van der Waals surface area contributed by atoms with Crippen LogP contribution in [0.1, 0.15) is 13.8 Å². The zero-order chi connectivity index (χ0) is 11.5. The molecule has 0 unspecified atom stereocenters. The first kappa shape index (κ1) is 12.5. The average Bonchev–Trinajstić information content (AvgIpc) is 2.20. The zero-order valence-electron chi connectivity index (χ0n) is 8.89. The number of rotatable bonds is 4. The molecule has 0 aliphatic carbocycles. The van der Waals surface area contributed by atoms with Crippen molar-refractivity contribution in [2.75, 3.05) is 13.2 Å². The molecule has 0 radical (unpaired) electrons. The minimum Gasteiger partial charge on any atom is -0.493 e. The van der Waals surface area contributed by atoms with Gasteiger partial charge in [0.2, 0.25) is 0 Å². The lowest BCUT2D eigenvalue weighted by Gasteiger charge is -2.22. The number of benzene rings is 1. The summed E-state index contributed by atoms with van der Waals surface area (Å²) in [6, 6.07) is 4.70. The molecular formula is C11H15BrFNO. The van der Waals surface area contributed by atoms with Crippen molar-refractivity contribution < 1.29 is 9.13 Å². The molecule has 2 nitrogen and oxygen atoms in total. The molecule has 0 amide bonds. The number of ether oxygens (including phenoxy) is 1. The quantitative estimate of drug-likeness (QED) is 0.917. The normalized spacial score (nSPS) is 11.5. The summed E-state index contributed by atoms with van der Waals surface area (Å²) in [4.78, 5) is 0. The molecule has 0 spiro atoms. The molecule has 1 aromatic rings. The highest BCUT2D eigenvalue weighted by molar-refractivity contribution is 9.10. The molecule has 84 valence electrons. The van der Waals surface area contributed by atoms with Crippen LogP contribution in [0.4, 0.5) is 4.39 Å². The van der Waals surface area contributed by atoms with Crippen molar-refractivity contribution >= 4 is 15.9 Å². The predicted molar refractivity (Wildman–Crippen MR) is 62.4 cm³/mol. The van der Waals surface area contributed by atoms with E-state index in [1.165, 1.54) is 6.07 Å². The van der Waals surface area contributed by atoms with Gasteiger partial charge in [0.25, 0.3) is 0 Å². The van der Waals surface area contributed by atoms with Gasteiger partial charge in [-0.3, -0.25) is 0 Å². The largest absolute Gasteiger partial charge is 0.493 e. The molecule has 2 N–H and O–H groups in total. The van der Waals surface area contributed by atoms with E-state index < -0.39 is 0 Å². The third-order valence-corrected chi connectivity index (χ3v) is 2.72. The summed E-state index contributed by atoms with van der Waals surface area (Å²) in [5.74, 6) is 0.204. The number of hydrogen-bond acceptors (Lipinski definition) is 2. The topological polar surface area (TPSA) is 35.2 Å². The van der Waals surface area contributed by atoms with Crippen LogP contribution in [-0.4, -0.2) is 13.2 Å². The number of hydrogen-bond donors (Lipinski definition) is 1. The summed E-state index contributed by atoms with van der Waals surface area (Å²) in [6.07, 6.45) is 0. The van der Waals surface area contributed by atoms with Crippen LogP contribution in [0, 0.1) is 11.2 Å². The first-order chi connectivity index (χ1) is 6.94. The van der Waals surface area contributed by atoms with Crippen LogP contribution in [0.25, 0.3) is 0 Å². The maximum Gasteiger partial charge on any atom is 0.141 e. The van der Waals surface area contributed by atoms with E-state index in [1.54, 1.807) is 12.1 Å². The van der Waals surface area contributed by atoms with Crippen molar-refractivity contribution in [1.29, 1.82) is 0 Å². The molecule has 0 bridgehead atoms. The van der Waals surface area contributed by atoms with Crippen LogP contribution in [0.3, 0.4) is 0 Å². The fraction of sp³-hybridized carbons (Fsp3) is 0.455. The lowest BCUT2D eigenvalue weighted by molar-refractivity contribution is 0.186. The number of nitrogens with two attached hydrogens (primary N) is 1. The Kier molecular flexibility index (Phi) is 4.11. The van der Waals surface area contributed by atoms with Crippen molar-refractivity contribution in [2.24, 2.45) is 11.1 Å². The van der Waals surface area contributed by atoms with Gasteiger partial charge in [0.15, 0.2) is 0 Å². The van der Waals surface area contributed by atoms with Crippen molar-refractivity contribution in [2.45, 2.75) is 13.8 Å². The van der Waals surface area contributed by atoms with Crippen molar-refractivity contribution in [3.05, 3.63) is 28.5 Å². The van der Waals surface area contributed by atoms with Crippen molar-refractivity contribution in [3.8, 4) is 5.75 Å². The van der Waals surface area contributed by atoms with Crippen LogP contribution >= 0.6 is 15.9 Å². The molecule has 0 heterocycles. The zero-order valence-corrected chi connectivity index (χ0v) is 10.5. The fourth-order valence-electron chi connectivity index (χ4n) is 0.904. The molecule has 0 aromatic heterocycles. The van der Waals surface area contributed by atoms with E-state index in [9.17, 15) is 4.39 Å². The summed E-state index contributed by atoms with van der Waals surface area (Å²) in [6.45, 7) is 5.01. The van der Waals surface area contributed by atoms with E-state index in [0.717, 1.165) is 0 Å². The molecule has 1 rings (SSSR count). The van der Waals surface area contributed by atoms with Gasteiger partial charge < -0.3 is 10.5 Å². The summed E-state index contributed by atoms with van der Waals surface area (Å²) in [5, 5.41) is 0. The summed E-state index contributed by atoms with van der Waals surface area (Å²) in [7, 11) is 0. The van der Waals surface area contributed by atoms with Gasteiger partial charge in [0, 0.05) is 18.0 Å². The van der Waals surface area contributed by atoms with Gasteiger partial charge >= 0.3 is 0 Å². The van der Waals surface area contributed by atoms with Crippen LogP contribution < -0.4 is 10.5 Å². The van der Waals surface area contributed by atoms with E-state index in [2.05, 4.69) is 15.9 Å². The van der Waals surface area contributed by atoms with Gasteiger partial charge in [-0.2, -0.15) is 0 Å². The molecule has 1 aromatic carbocycles. The second-order valence-electron chi connectivity index (χ2n) is 4.23. The van der Waals surface area contributed by atoms with E-state index in [-0.39, 0.29) is 11.2 Å². The Bertz CT molecular complexity index is 341. The third kappa shape index (κ3) is 3.80. The summed E-state index contributed by atoms with van der Waals surface area (Å²) < 4.78 is 19.0. The molecular weight excluding hydrogens is 261 g/mol. The molecule has 0 aliphatic rings. The van der Waals surface area contributed by atoms with Gasteiger partial charge in [0.1, 0.15) is 11.6 Å². The molecule has 0 fully saturated rings. The maximum absolute atomic E-state index is 13.1. The van der Waals surface area contributed by atoms with Crippen molar-refractivity contribution in [3.63, 3.8) is 0 Å². The Balaban J connectivity index is 2.62.